The molecule has 102 valence electrons. The minimum Gasteiger partial charge on any atom is -0.347 e. The van der Waals surface area contributed by atoms with Crippen molar-refractivity contribution >= 4 is 5.91 Å². The summed E-state index contributed by atoms with van der Waals surface area (Å²) in [6, 6.07) is 5.82. The van der Waals surface area contributed by atoms with Crippen molar-refractivity contribution in [1.29, 1.82) is 0 Å². The Hall–Kier alpha value is -1.42. The van der Waals surface area contributed by atoms with Gasteiger partial charge in [0, 0.05) is 16.6 Å². The third-order valence-corrected chi connectivity index (χ3v) is 4.59. The van der Waals surface area contributed by atoms with Crippen LogP contribution in [0.4, 0.5) is 4.39 Å². The summed E-state index contributed by atoms with van der Waals surface area (Å²) in [6.07, 6.45) is 5.83. The van der Waals surface area contributed by atoms with Crippen LogP contribution in [-0.4, -0.2) is 17.0 Å². The topological polar surface area (TPSA) is 55.1 Å². The summed E-state index contributed by atoms with van der Waals surface area (Å²) in [7, 11) is 0. The predicted octanol–water partition coefficient (Wildman–Crippen LogP) is 2.36. The molecule has 3 rings (SSSR count). The van der Waals surface area contributed by atoms with E-state index in [9.17, 15) is 9.18 Å². The van der Waals surface area contributed by atoms with Gasteiger partial charge in [-0.05, 0) is 56.7 Å². The van der Waals surface area contributed by atoms with Crippen molar-refractivity contribution in [3.8, 4) is 0 Å². The summed E-state index contributed by atoms with van der Waals surface area (Å²) in [5.74, 6) is -0.570. The summed E-state index contributed by atoms with van der Waals surface area (Å²) >= 11 is 0. The summed E-state index contributed by atoms with van der Waals surface area (Å²) in [5, 5.41) is 3.11. The molecule has 0 heterocycles. The molecule has 3 nitrogen and oxygen atoms in total. The number of nitrogens with two attached hydrogens (primary N) is 1. The maximum atomic E-state index is 13.2. The second-order valence-electron chi connectivity index (χ2n) is 6.14. The van der Waals surface area contributed by atoms with Crippen molar-refractivity contribution < 1.29 is 9.18 Å². The van der Waals surface area contributed by atoms with Crippen LogP contribution in [-0.2, 0) is 0 Å². The molecule has 1 aromatic carbocycles. The lowest BCUT2D eigenvalue weighted by Gasteiger charge is -2.38. The molecule has 19 heavy (non-hydrogen) atoms. The molecule has 2 saturated carbocycles. The van der Waals surface area contributed by atoms with E-state index in [1.807, 2.05) is 0 Å². The Morgan fingerprint density at radius 1 is 1.26 bits per heavy atom. The van der Waals surface area contributed by atoms with E-state index >= 15 is 0 Å². The van der Waals surface area contributed by atoms with Crippen LogP contribution >= 0.6 is 0 Å². The van der Waals surface area contributed by atoms with Crippen LogP contribution in [0.5, 0.6) is 0 Å². The number of carbonyl (C=O) groups is 1. The Morgan fingerprint density at radius 2 is 2.11 bits per heavy atom. The van der Waals surface area contributed by atoms with Gasteiger partial charge in [0.05, 0.1) is 0 Å². The number of fused-ring (bicyclic) bond motifs is 2. The summed E-state index contributed by atoms with van der Waals surface area (Å²) in [4.78, 5) is 12.2. The number of hydrogen-bond acceptors (Lipinski definition) is 2. The second kappa shape index (κ2) is 4.30. The number of rotatable bonds is 2. The molecule has 0 radical (unpaired) electrons. The van der Waals surface area contributed by atoms with Crippen LogP contribution in [0.15, 0.2) is 24.3 Å². The Kier molecular flexibility index (Phi) is 2.86. The highest BCUT2D eigenvalue weighted by Gasteiger charge is 2.49. The van der Waals surface area contributed by atoms with Gasteiger partial charge in [0.15, 0.2) is 0 Å². The van der Waals surface area contributed by atoms with E-state index in [1.54, 1.807) is 12.1 Å². The quantitative estimate of drug-likeness (QED) is 0.859. The maximum absolute atomic E-state index is 13.2. The van der Waals surface area contributed by atoms with Crippen molar-refractivity contribution in [3.63, 3.8) is 0 Å². The molecule has 2 fully saturated rings. The second-order valence-corrected chi connectivity index (χ2v) is 6.14. The van der Waals surface area contributed by atoms with Crippen molar-refractivity contribution in [1.82, 2.24) is 5.32 Å². The molecule has 3 N–H and O–H groups in total. The Bertz CT molecular complexity index is 519. The molecule has 2 aliphatic rings. The van der Waals surface area contributed by atoms with Crippen molar-refractivity contribution in [2.45, 2.75) is 49.6 Å². The zero-order chi connectivity index (χ0) is 13.5. The average molecular weight is 262 g/mol. The molecule has 0 spiro atoms. The molecule has 2 atom stereocenters. The molecular formula is C15H19FN2O. The molecule has 1 aromatic rings. The highest BCUT2D eigenvalue weighted by atomic mass is 19.1. The molecule has 2 aliphatic carbocycles. The van der Waals surface area contributed by atoms with Gasteiger partial charge in [-0.1, -0.05) is 6.07 Å². The largest absolute Gasteiger partial charge is 0.347 e. The number of nitrogens with one attached hydrogen (secondary N) is 1. The Balaban J connectivity index is 1.77. The lowest BCUT2D eigenvalue weighted by Crippen LogP contribution is -2.52. The number of carbonyl (C=O) groups excluding carboxylic acids is 1. The fraction of sp³-hybridized carbons (Fsp3) is 0.533. The Morgan fingerprint density at radius 3 is 2.89 bits per heavy atom. The molecular weight excluding hydrogens is 243 g/mol. The first-order chi connectivity index (χ1) is 9.00. The van der Waals surface area contributed by atoms with Crippen LogP contribution in [0.25, 0.3) is 0 Å². The van der Waals surface area contributed by atoms with Crippen LogP contribution in [0, 0.1) is 5.82 Å². The van der Waals surface area contributed by atoms with Crippen molar-refractivity contribution in [2.24, 2.45) is 5.73 Å². The fourth-order valence-corrected chi connectivity index (χ4v) is 3.66. The van der Waals surface area contributed by atoms with E-state index in [1.165, 1.54) is 12.1 Å². The number of halogens is 1. The molecule has 2 bridgehead atoms. The minimum absolute atomic E-state index is 0.104. The number of benzene rings is 1. The molecule has 4 heteroatoms. The Labute approximate surface area is 112 Å². The van der Waals surface area contributed by atoms with Crippen LogP contribution in [0.1, 0.15) is 48.9 Å². The monoisotopic (exact) mass is 262 g/mol. The first kappa shape index (κ1) is 12.6. The van der Waals surface area contributed by atoms with E-state index in [2.05, 4.69) is 5.32 Å². The first-order valence-electron chi connectivity index (χ1n) is 6.87. The first-order valence-corrected chi connectivity index (χ1v) is 6.87. The third kappa shape index (κ3) is 2.37. The van der Waals surface area contributed by atoms with E-state index in [0.29, 0.717) is 5.56 Å². The van der Waals surface area contributed by atoms with Crippen LogP contribution < -0.4 is 11.1 Å². The summed E-state index contributed by atoms with van der Waals surface area (Å²) in [6.45, 7) is 0. The van der Waals surface area contributed by atoms with E-state index in [4.69, 9.17) is 5.73 Å². The minimum atomic E-state index is -0.381. The van der Waals surface area contributed by atoms with Gasteiger partial charge in [0.1, 0.15) is 5.82 Å². The number of hydrogen-bond donors (Lipinski definition) is 2. The van der Waals surface area contributed by atoms with Gasteiger partial charge in [-0.2, -0.15) is 0 Å². The number of amides is 1. The standard InChI is InChI=1S/C15H19FN2O/c16-12-4-1-3-11(9-12)13(19)18-15-6-2-5-14(17,10-15)7-8-15/h1,3-4,9H,2,5-8,10,17H2,(H,18,19)/t14-,15+/m0/s1. The predicted molar refractivity (Wildman–Crippen MR) is 71.2 cm³/mol. The third-order valence-electron chi connectivity index (χ3n) is 4.59. The van der Waals surface area contributed by atoms with E-state index in [-0.39, 0.29) is 22.8 Å². The maximum Gasteiger partial charge on any atom is 0.251 e. The van der Waals surface area contributed by atoms with Gasteiger partial charge >= 0.3 is 0 Å². The fourth-order valence-electron chi connectivity index (χ4n) is 3.66. The van der Waals surface area contributed by atoms with Crippen molar-refractivity contribution in [2.75, 3.05) is 0 Å². The van der Waals surface area contributed by atoms with Gasteiger partial charge in [0.2, 0.25) is 0 Å². The molecule has 1 amide bonds. The zero-order valence-corrected chi connectivity index (χ0v) is 10.9. The van der Waals surface area contributed by atoms with Gasteiger partial charge in [0.25, 0.3) is 5.91 Å². The molecule has 0 saturated heterocycles. The van der Waals surface area contributed by atoms with Crippen LogP contribution in [0.3, 0.4) is 0 Å². The smallest absolute Gasteiger partial charge is 0.251 e. The highest BCUT2D eigenvalue weighted by Crippen LogP contribution is 2.46. The van der Waals surface area contributed by atoms with Crippen LogP contribution in [0.2, 0.25) is 0 Å². The normalized spacial score (nSPS) is 33.2. The zero-order valence-electron chi connectivity index (χ0n) is 10.9. The highest BCUT2D eigenvalue weighted by molar-refractivity contribution is 5.94. The lowest BCUT2D eigenvalue weighted by atomic mass is 9.79. The van der Waals surface area contributed by atoms with Gasteiger partial charge < -0.3 is 11.1 Å². The van der Waals surface area contributed by atoms with Crippen molar-refractivity contribution in [3.05, 3.63) is 35.6 Å². The summed E-state index contributed by atoms with van der Waals surface area (Å²) < 4.78 is 13.2. The lowest BCUT2D eigenvalue weighted by molar-refractivity contribution is 0.0876. The van der Waals surface area contributed by atoms with Gasteiger partial charge in [-0.3, -0.25) is 4.79 Å². The molecule has 0 aromatic heterocycles. The molecule has 0 aliphatic heterocycles. The van der Waals surface area contributed by atoms with E-state index in [0.717, 1.165) is 38.5 Å². The molecule has 0 unspecified atom stereocenters. The van der Waals surface area contributed by atoms with E-state index < -0.39 is 0 Å². The SMILES string of the molecule is N[C@@]12CCC[C@@](NC(=O)c3cccc(F)c3)(CC1)C2. The summed E-state index contributed by atoms with van der Waals surface area (Å²) in [5.41, 5.74) is 6.42. The average Bonchev–Trinajstić information content (AvgIpc) is 2.59. The van der Waals surface area contributed by atoms with Gasteiger partial charge in [-0.25, -0.2) is 4.39 Å². The van der Waals surface area contributed by atoms with Gasteiger partial charge in [-0.15, -0.1) is 0 Å².